The van der Waals surface area contributed by atoms with Crippen LogP contribution in [0.2, 0.25) is 0 Å². The molecule has 51 heavy (non-hydrogen) atoms. The molecule has 12 rings (SSSR count). The van der Waals surface area contributed by atoms with Crippen LogP contribution < -0.4 is 0 Å². The molecule has 0 saturated heterocycles. The maximum Gasteiger partial charge on any atom is 0.0622 e. The predicted molar refractivity (Wildman–Crippen MR) is 215 cm³/mol. The molecule has 0 saturated carbocycles. The van der Waals surface area contributed by atoms with E-state index in [1.807, 2.05) is 0 Å². The minimum Gasteiger partial charge on any atom is -0.309 e. The first-order chi connectivity index (χ1) is 25.3. The fraction of sp³-hybridized carbons (Fsp3) is 0. The molecule has 0 aliphatic rings. The van der Waals surface area contributed by atoms with E-state index in [4.69, 9.17) is 0 Å². The van der Waals surface area contributed by atoms with Gasteiger partial charge in [0.25, 0.3) is 0 Å². The Hall–Kier alpha value is -6.84. The van der Waals surface area contributed by atoms with E-state index >= 15 is 0 Å². The van der Waals surface area contributed by atoms with Gasteiger partial charge in [0.1, 0.15) is 0 Å². The molecule has 0 atom stereocenters. The average molecular weight is 648 g/mol. The number of rotatable bonds is 3. The number of benzene rings is 8. The van der Waals surface area contributed by atoms with E-state index in [0.717, 1.165) is 5.69 Å². The van der Waals surface area contributed by atoms with Crippen molar-refractivity contribution in [1.82, 2.24) is 13.5 Å². The van der Waals surface area contributed by atoms with Gasteiger partial charge in [-0.05, 0) is 71.8 Å². The fourth-order valence-corrected chi connectivity index (χ4v) is 9.07. The van der Waals surface area contributed by atoms with Crippen molar-refractivity contribution in [2.24, 2.45) is 0 Å². The Balaban J connectivity index is 1.18. The summed E-state index contributed by atoms with van der Waals surface area (Å²) >= 11 is 0. The van der Waals surface area contributed by atoms with Crippen molar-refractivity contribution in [2.75, 3.05) is 0 Å². The van der Waals surface area contributed by atoms with E-state index in [-0.39, 0.29) is 0 Å². The number of para-hydroxylation sites is 4. The molecule has 0 spiro atoms. The lowest BCUT2D eigenvalue weighted by molar-refractivity contribution is 1.18. The topological polar surface area (TPSA) is 14.3 Å². The first-order valence-corrected chi connectivity index (χ1v) is 17.6. The molecule has 4 aromatic heterocycles. The highest BCUT2D eigenvalue weighted by Crippen LogP contribution is 2.45. The molecule has 4 heterocycles. The van der Waals surface area contributed by atoms with E-state index < -0.39 is 0 Å². The number of hydrogen-bond acceptors (Lipinski definition) is 0. The summed E-state index contributed by atoms with van der Waals surface area (Å²) in [5.41, 5.74) is 13.4. The van der Waals surface area contributed by atoms with Crippen molar-refractivity contribution in [1.29, 1.82) is 0 Å². The third-order valence-corrected chi connectivity index (χ3v) is 11.2. The van der Waals surface area contributed by atoms with Gasteiger partial charge in [-0.1, -0.05) is 115 Å². The van der Waals surface area contributed by atoms with Crippen LogP contribution in [0.25, 0.3) is 104 Å². The van der Waals surface area contributed by atoms with Gasteiger partial charge in [0, 0.05) is 54.5 Å². The highest BCUT2D eigenvalue weighted by atomic mass is 15.0. The van der Waals surface area contributed by atoms with Crippen LogP contribution >= 0.6 is 0 Å². The van der Waals surface area contributed by atoms with Crippen LogP contribution in [0.5, 0.6) is 0 Å². The normalized spacial score (nSPS) is 12.3. The van der Waals surface area contributed by atoms with Crippen LogP contribution in [0.4, 0.5) is 0 Å². The Morgan fingerprint density at radius 3 is 1.25 bits per heavy atom. The molecule has 0 bridgehead atoms. The number of hydrogen-bond donors (Lipinski definition) is 0. The summed E-state index contributed by atoms with van der Waals surface area (Å²) in [5.74, 6) is 0. The van der Waals surface area contributed by atoms with Gasteiger partial charge in [-0.15, -0.1) is 0 Å². The maximum atomic E-state index is 2.49. The predicted octanol–water partition coefficient (Wildman–Crippen LogP) is 12.7. The zero-order valence-electron chi connectivity index (χ0n) is 27.6. The molecule has 0 fully saturated rings. The highest BCUT2D eigenvalue weighted by Gasteiger charge is 2.23. The second kappa shape index (κ2) is 9.87. The second-order valence-corrected chi connectivity index (χ2v) is 13.7. The number of fused-ring (bicyclic) bond motifs is 13. The molecular formula is C48H29N3. The van der Waals surface area contributed by atoms with Crippen LogP contribution in [0.15, 0.2) is 176 Å². The first-order valence-electron chi connectivity index (χ1n) is 17.6. The van der Waals surface area contributed by atoms with Crippen molar-refractivity contribution in [3.8, 4) is 22.5 Å². The maximum absolute atomic E-state index is 2.49. The van der Waals surface area contributed by atoms with Crippen LogP contribution in [0.3, 0.4) is 0 Å². The van der Waals surface area contributed by atoms with Crippen molar-refractivity contribution in [3.05, 3.63) is 176 Å². The van der Waals surface area contributed by atoms with Gasteiger partial charge >= 0.3 is 0 Å². The third kappa shape index (κ3) is 3.52. The SMILES string of the molecule is c1ccc(-c2ccc(-n3c4ccccc4c4c5c6ccccc6n(-c6cc7c8ccccc8n8c9ccccc9c(c6)c78)c5ccc43)cc2)cc1. The zero-order valence-corrected chi connectivity index (χ0v) is 27.6. The minimum atomic E-state index is 1.16. The second-order valence-electron chi connectivity index (χ2n) is 13.7. The van der Waals surface area contributed by atoms with E-state index in [0.29, 0.717) is 0 Å². The highest BCUT2D eigenvalue weighted by molar-refractivity contribution is 6.29. The standard InChI is InChI=1S/C48H29N3/c1-2-12-30(13-3-1)31-22-24-32(25-23-31)49-42-20-10-6-16-36(42)46-44(49)26-27-45-47(46)37-17-7-11-21-43(37)50(45)33-28-38-34-14-4-8-18-40(34)51-41-19-9-5-15-35(41)39(29-33)48(38)51/h1-29H. The van der Waals surface area contributed by atoms with Gasteiger partial charge in [-0.25, -0.2) is 0 Å². The molecule has 8 aromatic carbocycles. The first kappa shape index (κ1) is 27.0. The lowest BCUT2D eigenvalue weighted by atomic mass is 10.1. The van der Waals surface area contributed by atoms with Gasteiger partial charge in [0.2, 0.25) is 0 Å². The summed E-state index contributed by atoms with van der Waals surface area (Å²) in [5, 5.41) is 10.3. The molecule has 0 aliphatic heterocycles. The molecule has 0 unspecified atom stereocenters. The average Bonchev–Trinajstić information content (AvgIpc) is 3.92. The van der Waals surface area contributed by atoms with E-state index in [9.17, 15) is 0 Å². The number of nitrogens with zero attached hydrogens (tertiary/aromatic N) is 3. The van der Waals surface area contributed by atoms with E-state index in [1.165, 1.54) is 98.5 Å². The number of aromatic nitrogens is 3. The Bertz CT molecular complexity index is 3250. The fourth-order valence-electron chi connectivity index (χ4n) is 9.07. The molecule has 12 aromatic rings. The van der Waals surface area contributed by atoms with Crippen LogP contribution in [0, 0.1) is 0 Å². The van der Waals surface area contributed by atoms with Gasteiger partial charge in [0.15, 0.2) is 0 Å². The Labute approximate surface area is 292 Å². The van der Waals surface area contributed by atoms with Gasteiger partial charge in [-0.3, -0.25) is 0 Å². The van der Waals surface area contributed by atoms with E-state index in [1.54, 1.807) is 0 Å². The summed E-state index contributed by atoms with van der Waals surface area (Å²) in [6.45, 7) is 0. The van der Waals surface area contributed by atoms with Gasteiger partial charge < -0.3 is 13.5 Å². The molecule has 236 valence electrons. The Morgan fingerprint density at radius 1 is 0.275 bits per heavy atom. The molecule has 0 N–H and O–H groups in total. The Morgan fingerprint density at radius 2 is 0.706 bits per heavy atom. The molecule has 0 radical (unpaired) electrons. The molecule has 0 aliphatic carbocycles. The summed E-state index contributed by atoms with van der Waals surface area (Å²) in [4.78, 5) is 0. The molecular weight excluding hydrogens is 619 g/mol. The lowest BCUT2D eigenvalue weighted by Crippen LogP contribution is -1.95. The summed E-state index contributed by atoms with van der Waals surface area (Å²) in [7, 11) is 0. The quantitative estimate of drug-likeness (QED) is 0.181. The van der Waals surface area contributed by atoms with Crippen LogP contribution in [-0.2, 0) is 0 Å². The van der Waals surface area contributed by atoms with E-state index in [2.05, 4.69) is 189 Å². The lowest BCUT2D eigenvalue weighted by Gasteiger charge is -2.11. The summed E-state index contributed by atoms with van der Waals surface area (Å²) < 4.78 is 7.38. The molecule has 0 amide bonds. The van der Waals surface area contributed by atoms with Crippen molar-refractivity contribution < 1.29 is 0 Å². The van der Waals surface area contributed by atoms with Crippen molar-refractivity contribution in [3.63, 3.8) is 0 Å². The summed E-state index contributed by atoms with van der Waals surface area (Å²) in [6, 6.07) is 64.6. The van der Waals surface area contributed by atoms with Gasteiger partial charge in [-0.2, -0.15) is 0 Å². The largest absolute Gasteiger partial charge is 0.309 e. The van der Waals surface area contributed by atoms with Crippen molar-refractivity contribution in [2.45, 2.75) is 0 Å². The zero-order chi connectivity index (χ0) is 33.2. The van der Waals surface area contributed by atoms with Crippen molar-refractivity contribution >= 4 is 81.7 Å². The minimum absolute atomic E-state index is 1.16. The van der Waals surface area contributed by atoms with Gasteiger partial charge in [0.05, 0.1) is 38.6 Å². The van der Waals surface area contributed by atoms with Crippen LogP contribution in [0.1, 0.15) is 0 Å². The molecule has 3 heteroatoms. The summed E-state index contributed by atoms with van der Waals surface area (Å²) in [6.07, 6.45) is 0. The smallest absolute Gasteiger partial charge is 0.0622 e. The van der Waals surface area contributed by atoms with Crippen LogP contribution in [-0.4, -0.2) is 13.5 Å². The third-order valence-electron chi connectivity index (χ3n) is 11.2. The monoisotopic (exact) mass is 647 g/mol. The molecule has 3 nitrogen and oxygen atoms in total. The Kier molecular flexibility index (Phi) is 5.23.